The number of hydrogen-bond donors (Lipinski definition) is 1. The number of carbonyl (C=O) groups is 2. The predicted octanol–water partition coefficient (Wildman–Crippen LogP) is 1.40. The van der Waals surface area contributed by atoms with Gasteiger partial charge in [0.15, 0.2) is 17.6 Å². The second-order valence-corrected chi connectivity index (χ2v) is 4.57. The molecule has 1 aliphatic rings. The molecule has 2 rings (SSSR count). The van der Waals surface area contributed by atoms with Crippen molar-refractivity contribution in [3.8, 4) is 11.5 Å². The van der Waals surface area contributed by atoms with Gasteiger partial charge in [-0.05, 0) is 12.1 Å². The zero-order chi connectivity index (χ0) is 14.7. The van der Waals surface area contributed by atoms with E-state index in [2.05, 4.69) is 10.1 Å². The van der Waals surface area contributed by atoms with Crippen molar-refractivity contribution in [2.45, 2.75) is 12.5 Å². The molecule has 1 heterocycles. The third kappa shape index (κ3) is 2.80. The maximum absolute atomic E-state index is 11.5. The second kappa shape index (κ2) is 6.00. The Balaban J connectivity index is 2.32. The Bertz CT molecular complexity index is 546. The third-order valence-electron chi connectivity index (χ3n) is 2.91. The van der Waals surface area contributed by atoms with Crippen LogP contribution in [0.3, 0.4) is 0 Å². The number of benzene rings is 1. The lowest BCUT2D eigenvalue weighted by molar-refractivity contribution is -0.124. The fourth-order valence-electron chi connectivity index (χ4n) is 1.90. The Morgan fingerprint density at radius 1 is 1.40 bits per heavy atom. The SMILES string of the molecule is COC(=O)c1cc(Cl)c(OC2CCNC2=O)c(OC)c1. The first-order valence-corrected chi connectivity index (χ1v) is 6.34. The summed E-state index contributed by atoms with van der Waals surface area (Å²) in [5.74, 6) is -0.211. The summed E-state index contributed by atoms with van der Waals surface area (Å²) in [6.45, 7) is 0.559. The standard InChI is InChI=1S/C13H14ClNO5/c1-18-10-6-7(13(17)19-2)5-8(14)11(10)20-9-3-4-15-12(9)16/h5-6,9H,3-4H2,1-2H3,(H,15,16). The van der Waals surface area contributed by atoms with Crippen LogP contribution in [0.2, 0.25) is 5.02 Å². The fraction of sp³-hybridized carbons (Fsp3) is 0.385. The summed E-state index contributed by atoms with van der Waals surface area (Å²) in [7, 11) is 2.70. The molecule has 1 aliphatic heterocycles. The molecular formula is C13H14ClNO5. The molecule has 1 fully saturated rings. The van der Waals surface area contributed by atoms with Gasteiger partial charge in [0.2, 0.25) is 0 Å². The number of esters is 1. The smallest absolute Gasteiger partial charge is 0.338 e. The lowest BCUT2D eigenvalue weighted by Gasteiger charge is -2.16. The highest BCUT2D eigenvalue weighted by molar-refractivity contribution is 6.32. The molecule has 0 spiro atoms. The Kier molecular flexibility index (Phi) is 4.34. The molecule has 7 heteroatoms. The molecule has 1 atom stereocenters. The van der Waals surface area contributed by atoms with Crippen LogP contribution in [0, 0.1) is 0 Å². The average Bonchev–Trinajstić information content (AvgIpc) is 2.85. The number of hydrogen-bond acceptors (Lipinski definition) is 5. The van der Waals surface area contributed by atoms with Gasteiger partial charge in [0.25, 0.3) is 5.91 Å². The van der Waals surface area contributed by atoms with Crippen LogP contribution in [0.25, 0.3) is 0 Å². The summed E-state index contributed by atoms with van der Waals surface area (Å²) >= 11 is 6.10. The molecule has 1 aromatic rings. The molecular weight excluding hydrogens is 286 g/mol. The Morgan fingerprint density at radius 3 is 2.70 bits per heavy atom. The maximum Gasteiger partial charge on any atom is 0.338 e. The molecule has 0 saturated carbocycles. The first kappa shape index (κ1) is 14.5. The van der Waals surface area contributed by atoms with Gasteiger partial charge in [-0.15, -0.1) is 0 Å². The first-order chi connectivity index (χ1) is 9.56. The molecule has 6 nitrogen and oxygen atoms in total. The molecule has 1 aromatic carbocycles. The van der Waals surface area contributed by atoms with E-state index in [9.17, 15) is 9.59 Å². The van der Waals surface area contributed by atoms with Crippen molar-refractivity contribution in [3.63, 3.8) is 0 Å². The zero-order valence-corrected chi connectivity index (χ0v) is 11.8. The molecule has 20 heavy (non-hydrogen) atoms. The van der Waals surface area contributed by atoms with Crippen LogP contribution in [-0.2, 0) is 9.53 Å². The van der Waals surface area contributed by atoms with Gasteiger partial charge in [0.05, 0.1) is 24.8 Å². The topological polar surface area (TPSA) is 73.9 Å². The molecule has 108 valence electrons. The van der Waals surface area contributed by atoms with Gasteiger partial charge in [-0.2, -0.15) is 0 Å². The van der Waals surface area contributed by atoms with Crippen molar-refractivity contribution in [2.75, 3.05) is 20.8 Å². The van der Waals surface area contributed by atoms with E-state index in [0.717, 1.165) is 0 Å². The van der Waals surface area contributed by atoms with Gasteiger partial charge < -0.3 is 19.5 Å². The van der Waals surface area contributed by atoms with Crippen LogP contribution in [0.15, 0.2) is 12.1 Å². The summed E-state index contributed by atoms with van der Waals surface area (Å²) in [5.41, 5.74) is 0.248. The van der Waals surface area contributed by atoms with E-state index in [0.29, 0.717) is 13.0 Å². The molecule has 1 N–H and O–H groups in total. The third-order valence-corrected chi connectivity index (χ3v) is 3.19. The van der Waals surface area contributed by atoms with Crippen molar-refractivity contribution < 1.29 is 23.8 Å². The quantitative estimate of drug-likeness (QED) is 0.851. The van der Waals surface area contributed by atoms with Gasteiger partial charge in [0.1, 0.15) is 0 Å². The minimum absolute atomic E-state index is 0.185. The van der Waals surface area contributed by atoms with E-state index in [1.165, 1.54) is 26.4 Å². The highest BCUT2D eigenvalue weighted by atomic mass is 35.5. The monoisotopic (exact) mass is 299 g/mol. The predicted molar refractivity (Wildman–Crippen MR) is 71.4 cm³/mol. The number of methoxy groups -OCH3 is 2. The van der Waals surface area contributed by atoms with E-state index in [-0.39, 0.29) is 28.0 Å². The second-order valence-electron chi connectivity index (χ2n) is 4.17. The number of amides is 1. The summed E-state index contributed by atoms with van der Waals surface area (Å²) in [6, 6.07) is 2.87. The minimum atomic E-state index is -0.606. The van der Waals surface area contributed by atoms with Gasteiger partial charge >= 0.3 is 5.97 Å². The van der Waals surface area contributed by atoms with Crippen molar-refractivity contribution in [1.29, 1.82) is 0 Å². The van der Waals surface area contributed by atoms with E-state index in [1.54, 1.807) is 0 Å². The van der Waals surface area contributed by atoms with Crippen LogP contribution in [-0.4, -0.2) is 38.7 Å². The maximum atomic E-state index is 11.5. The Labute approximate surface area is 120 Å². The molecule has 1 unspecified atom stereocenters. The lowest BCUT2D eigenvalue weighted by atomic mass is 10.2. The summed E-state index contributed by atoms with van der Waals surface area (Å²) in [5, 5.41) is 2.85. The number of halogens is 1. The zero-order valence-electron chi connectivity index (χ0n) is 11.1. The lowest BCUT2D eigenvalue weighted by Crippen LogP contribution is -2.27. The minimum Gasteiger partial charge on any atom is -0.493 e. The summed E-state index contributed by atoms with van der Waals surface area (Å²) < 4.78 is 15.4. The first-order valence-electron chi connectivity index (χ1n) is 5.97. The van der Waals surface area contributed by atoms with E-state index in [1.807, 2.05) is 0 Å². The molecule has 0 aliphatic carbocycles. The molecule has 1 amide bonds. The van der Waals surface area contributed by atoms with Gasteiger partial charge in [-0.1, -0.05) is 11.6 Å². The fourth-order valence-corrected chi connectivity index (χ4v) is 2.15. The van der Waals surface area contributed by atoms with Crippen LogP contribution in [0.4, 0.5) is 0 Å². The average molecular weight is 300 g/mol. The summed E-state index contributed by atoms with van der Waals surface area (Å²) in [4.78, 5) is 23.0. The van der Waals surface area contributed by atoms with Crippen molar-refractivity contribution in [3.05, 3.63) is 22.7 Å². The number of nitrogens with one attached hydrogen (secondary N) is 1. The van der Waals surface area contributed by atoms with Crippen molar-refractivity contribution in [2.24, 2.45) is 0 Å². The van der Waals surface area contributed by atoms with E-state index in [4.69, 9.17) is 21.1 Å². The van der Waals surface area contributed by atoms with Gasteiger partial charge in [-0.3, -0.25) is 4.79 Å². The van der Waals surface area contributed by atoms with Crippen LogP contribution in [0.1, 0.15) is 16.8 Å². The molecule has 0 bridgehead atoms. The highest BCUT2D eigenvalue weighted by Crippen LogP contribution is 2.37. The van der Waals surface area contributed by atoms with Crippen LogP contribution >= 0.6 is 11.6 Å². The summed E-state index contributed by atoms with van der Waals surface area (Å²) in [6.07, 6.45) is -0.0535. The van der Waals surface area contributed by atoms with E-state index < -0.39 is 12.1 Å². The molecule has 0 radical (unpaired) electrons. The molecule has 1 saturated heterocycles. The largest absolute Gasteiger partial charge is 0.493 e. The number of carbonyl (C=O) groups excluding carboxylic acids is 2. The highest BCUT2D eigenvalue weighted by Gasteiger charge is 2.28. The van der Waals surface area contributed by atoms with Crippen molar-refractivity contribution in [1.82, 2.24) is 5.32 Å². The Morgan fingerprint density at radius 2 is 2.15 bits per heavy atom. The van der Waals surface area contributed by atoms with Crippen LogP contribution < -0.4 is 14.8 Å². The number of rotatable bonds is 4. The van der Waals surface area contributed by atoms with Gasteiger partial charge in [0, 0.05) is 13.0 Å². The van der Waals surface area contributed by atoms with Crippen molar-refractivity contribution >= 4 is 23.5 Å². The van der Waals surface area contributed by atoms with E-state index >= 15 is 0 Å². The van der Waals surface area contributed by atoms with Crippen LogP contribution in [0.5, 0.6) is 11.5 Å². The molecule has 0 aromatic heterocycles. The Hall–Kier alpha value is -1.95. The van der Waals surface area contributed by atoms with Gasteiger partial charge in [-0.25, -0.2) is 4.79 Å². The normalized spacial score (nSPS) is 17.6. The number of ether oxygens (including phenoxy) is 3.